The minimum Gasteiger partial charge on any atom is -0.480 e. The van der Waals surface area contributed by atoms with Gasteiger partial charge < -0.3 is 24.8 Å². The number of urea groups is 1. The van der Waals surface area contributed by atoms with Crippen molar-refractivity contribution in [3.63, 3.8) is 0 Å². The van der Waals surface area contributed by atoms with E-state index in [2.05, 4.69) is 10.1 Å². The number of rotatable bonds is 10. The third kappa shape index (κ3) is 11.4. The molecule has 0 aromatic heterocycles. The van der Waals surface area contributed by atoms with Crippen molar-refractivity contribution in [3.8, 4) is 0 Å². The predicted molar refractivity (Wildman–Crippen MR) is 69.4 cm³/mol. The lowest BCUT2D eigenvalue weighted by atomic mass is 10.5. The van der Waals surface area contributed by atoms with Gasteiger partial charge in [-0.25, -0.2) is 9.59 Å². The summed E-state index contributed by atoms with van der Waals surface area (Å²) < 4.78 is 9.44. The summed E-state index contributed by atoms with van der Waals surface area (Å²) >= 11 is 0. The number of ether oxygens (including phenoxy) is 2. The molecule has 0 aliphatic carbocycles. The van der Waals surface area contributed by atoms with Crippen LogP contribution in [0.25, 0.3) is 0 Å². The number of likely N-dealkylation sites (N-methyl/N-ethyl adjacent to an activating group) is 1. The standard InChI is InChI=1S/C11H21N3O6/c1-14(5-6-19-2)4-3-12-11(18)13-9(15)7-20-8-10(16)17/h3-8H2,1-2H3,(H,16,17)(H2,12,13,15,18). The van der Waals surface area contributed by atoms with Crippen LogP contribution in [0, 0.1) is 0 Å². The number of carboxylic acids is 1. The number of nitrogens with zero attached hydrogens (tertiary/aromatic N) is 1. The number of carbonyl (C=O) groups excluding carboxylic acids is 2. The lowest BCUT2D eigenvalue weighted by Crippen LogP contribution is -2.43. The molecular weight excluding hydrogens is 270 g/mol. The van der Waals surface area contributed by atoms with Crippen molar-refractivity contribution in [2.45, 2.75) is 0 Å². The number of methoxy groups -OCH3 is 1. The SMILES string of the molecule is COCCN(C)CCNC(=O)NC(=O)COCC(=O)O. The van der Waals surface area contributed by atoms with Crippen LogP contribution in [-0.2, 0) is 19.1 Å². The molecule has 0 radical (unpaired) electrons. The highest BCUT2D eigenvalue weighted by Crippen LogP contribution is 1.81. The molecule has 0 aliphatic rings. The molecule has 0 saturated carbocycles. The van der Waals surface area contributed by atoms with E-state index in [0.29, 0.717) is 19.7 Å². The van der Waals surface area contributed by atoms with E-state index in [1.165, 1.54) is 0 Å². The van der Waals surface area contributed by atoms with Crippen molar-refractivity contribution < 1.29 is 29.0 Å². The third-order valence-electron chi connectivity index (χ3n) is 2.17. The maximum atomic E-state index is 11.3. The molecule has 0 fully saturated rings. The van der Waals surface area contributed by atoms with Crippen molar-refractivity contribution >= 4 is 17.9 Å². The predicted octanol–water partition coefficient (Wildman–Crippen LogP) is -1.51. The molecule has 9 nitrogen and oxygen atoms in total. The maximum absolute atomic E-state index is 11.3. The van der Waals surface area contributed by atoms with E-state index < -0.39 is 31.1 Å². The molecular formula is C11H21N3O6. The van der Waals surface area contributed by atoms with Gasteiger partial charge in [-0.15, -0.1) is 0 Å². The lowest BCUT2D eigenvalue weighted by Gasteiger charge is -2.16. The number of hydrogen-bond donors (Lipinski definition) is 3. The van der Waals surface area contributed by atoms with E-state index in [1.54, 1.807) is 7.11 Å². The van der Waals surface area contributed by atoms with Gasteiger partial charge in [0.1, 0.15) is 13.2 Å². The number of imide groups is 1. The number of nitrogens with one attached hydrogen (secondary N) is 2. The molecule has 0 spiro atoms. The van der Waals surface area contributed by atoms with Crippen molar-refractivity contribution in [1.82, 2.24) is 15.5 Å². The van der Waals surface area contributed by atoms with E-state index in [-0.39, 0.29) is 0 Å². The van der Waals surface area contributed by atoms with Crippen LogP contribution in [0.5, 0.6) is 0 Å². The van der Waals surface area contributed by atoms with Crippen LogP contribution < -0.4 is 10.6 Å². The van der Waals surface area contributed by atoms with Gasteiger partial charge in [-0.2, -0.15) is 0 Å². The Hall–Kier alpha value is -1.71. The largest absolute Gasteiger partial charge is 0.480 e. The molecule has 0 heterocycles. The van der Waals surface area contributed by atoms with Gasteiger partial charge in [0, 0.05) is 26.7 Å². The van der Waals surface area contributed by atoms with Crippen molar-refractivity contribution in [2.24, 2.45) is 0 Å². The van der Waals surface area contributed by atoms with Gasteiger partial charge in [0.25, 0.3) is 5.91 Å². The molecule has 116 valence electrons. The molecule has 0 rings (SSSR count). The Kier molecular flexibility index (Phi) is 10.2. The third-order valence-corrected chi connectivity index (χ3v) is 2.17. The van der Waals surface area contributed by atoms with Crippen LogP contribution in [0.2, 0.25) is 0 Å². The molecule has 3 N–H and O–H groups in total. The Bertz CT molecular complexity index is 323. The summed E-state index contributed by atoms with van der Waals surface area (Å²) in [6.07, 6.45) is 0. The summed E-state index contributed by atoms with van der Waals surface area (Å²) in [6.45, 7) is 1.26. The molecule has 0 bridgehead atoms. The first-order valence-electron chi connectivity index (χ1n) is 6.00. The van der Waals surface area contributed by atoms with Crippen LogP contribution in [0.15, 0.2) is 0 Å². The number of hydrogen-bond acceptors (Lipinski definition) is 6. The molecule has 3 amide bonds. The van der Waals surface area contributed by atoms with Gasteiger partial charge >= 0.3 is 12.0 Å². The van der Waals surface area contributed by atoms with Crippen LogP contribution in [-0.4, -0.2) is 81.5 Å². The molecule has 20 heavy (non-hydrogen) atoms. The minimum atomic E-state index is -1.18. The Morgan fingerprint density at radius 2 is 1.90 bits per heavy atom. The zero-order valence-corrected chi connectivity index (χ0v) is 11.7. The second kappa shape index (κ2) is 11.1. The van der Waals surface area contributed by atoms with Crippen LogP contribution in [0.4, 0.5) is 4.79 Å². The first kappa shape index (κ1) is 18.3. The number of carboxylic acid groups (broad SMARTS) is 1. The fraction of sp³-hybridized carbons (Fsp3) is 0.727. The van der Waals surface area contributed by atoms with E-state index in [9.17, 15) is 14.4 Å². The molecule has 0 atom stereocenters. The average Bonchev–Trinajstić information content (AvgIpc) is 2.35. The first-order chi connectivity index (χ1) is 9.45. The minimum absolute atomic E-state index is 0.370. The van der Waals surface area contributed by atoms with E-state index >= 15 is 0 Å². The number of amides is 3. The fourth-order valence-corrected chi connectivity index (χ4v) is 1.16. The topological polar surface area (TPSA) is 117 Å². The summed E-state index contributed by atoms with van der Waals surface area (Å²) in [5.74, 6) is -1.88. The summed E-state index contributed by atoms with van der Waals surface area (Å²) in [6, 6.07) is -0.644. The second-order valence-corrected chi connectivity index (χ2v) is 3.99. The van der Waals surface area contributed by atoms with Gasteiger partial charge in [0.15, 0.2) is 0 Å². The van der Waals surface area contributed by atoms with Gasteiger partial charge in [0.05, 0.1) is 6.61 Å². The molecule has 0 unspecified atom stereocenters. The van der Waals surface area contributed by atoms with Crippen molar-refractivity contribution in [3.05, 3.63) is 0 Å². The highest BCUT2D eigenvalue weighted by Gasteiger charge is 2.08. The quantitative estimate of drug-likeness (QED) is 0.448. The molecule has 0 saturated heterocycles. The van der Waals surface area contributed by atoms with Crippen molar-refractivity contribution in [1.29, 1.82) is 0 Å². The molecule has 0 aromatic rings. The second-order valence-electron chi connectivity index (χ2n) is 3.99. The lowest BCUT2D eigenvalue weighted by molar-refractivity contribution is -0.143. The van der Waals surface area contributed by atoms with E-state index in [0.717, 1.165) is 6.54 Å². The number of aliphatic carboxylic acids is 1. The fourth-order valence-electron chi connectivity index (χ4n) is 1.16. The summed E-state index contributed by atoms with van der Waals surface area (Å²) in [7, 11) is 3.49. The molecule has 0 aromatic carbocycles. The molecule has 0 aliphatic heterocycles. The Morgan fingerprint density at radius 1 is 1.20 bits per heavy atom. The Morgan fingerprint density at radius 3 is 2.50 bits per heavy atom. The van der Waals surface area contributed by atoms with Crippen LogP contribution in [0.1, 0.15) is 0 Å². The van der Waals surface area contributed by atoms with E-state index in [1.807, 2.05) is 17.3 Å². The van der Waals surface area contributed by atoms with Gasteiger partial charge in [-0.1, -0.05) is 0 Å². The van der Waals surface area contributed by atoms with Gasteiger partial charge in [-0.05, 0) is 7.05 Å². The normalized spacial score (nSPS) is 10.3. The van der Waals surface area contributed by atoms with Gasteiger partial charge in [0.2, 0.25) is 0 Å². The maximum Gasteiger partial charge on any atom is 0.329 e. The monoisotopic (exact) mass is 291 g/mol. The zero-order chi connectivity index (χ0) is 15.4. The smallest absolute Gasteiger partial charge is 0.329 e. The van der Waals surface area contributed by atoms with Gasteiger partial charge in [-0.3, -0.25) is 10.1 Å². The Labute approximate surface area is 117 Å². The summed E-state index contributed by atoms with van der Waals surface area (Å²) in [4.78, 5) is 34.5. The average molecular weight is 291 g/mol. The molecule has 9 heteroatoms. The zero-order valence-electron chi connectivity index (χ0n) is 11.7. The highest BCUT2D eigenvalue weighted by molar-refractivity contribution is 5.94. The highest BCUT2D eigenvalue weighted by atomic mass is 16.5. The van der Waals surface area contributed by atoms with E-state index in [4.69, 9.17) is 9.84 Å². The van der Waals surface area contributed by atoms with Crippen LogP contribution >= 0.6 is 0 Å². The summed E-state index contributed by atoms with van der Waals surface area (Å²) in [5, 5.41) is 12.8. The summed E-state index contributed by atoms with van der Waals surface area (Å²) in [5.41, 5.74) is 0. The first-order valence-corrected chi connectivity index (χ1v) is 6.00. The van der Waals surface area contributed by atoms with Crippen molar-refractivity contribution in [2.75, 3.05) is 53.6 Å². The Balaban J connectivity index is 3.62. The van der Waals surface area contributed by atoms with Crippen LogP contribution in [0.3, 0.4) is 0 Å². The number of carbonyl (C=O) groups is 3.